The van der Waals surface area contributed by atoms with Crippen molar-refractivity contribution in [3.8, 4) is 11.5 Å². The Morgan fingerprint density at radius 2 is 2.00 bits per heavy atom. The fourth-order valence-corrected chi connectivity index (χ4v) is 3.63. The molecule has 4 rings (SSSR count). The number of halogens is 2. The molecule has 1 saturated heterocycles. The number of nitrogens with one attached hydrogen (secondary N) is 1. The summed E-state index contributed by atoms with van der Waals surface area (Å²) in [5.41, 5.74) is 0.0512. The quantitative estimate of drug-likeness (QED) is 0.416. The second-order valence-electron chi connectivity index (χ2n) is 8.74. The van der Waals surface area contributed by atoms with E-state index in [1.54, 1.807) is 24.3 Å². The van der Waals surface area contributed by atoms with Crippen LogP contribution in [0.25, 0.3) is 10.9 Å². The number of fused-ring (bicyclic) bond motifs is 1. The van der Waals surface area contributed by atoms with E-state index in [0.29, 0.717) is 37.6 Å². The molecule has 0 bridgehead atoms. The number of piperidine rings is 1. The van der Waals surface area contributed by atoms with E-state index in [2.05, 4.69) is 31.2 Å². The van der Waals surface area contributed by atoms with Gasteiger partial charge in [0.05, 0.1) is 17.8 Å². The first-order chi connectivity index (χ1) is 18.4. The fourth-order valence-electron chi connectivity index (χ4n) is 3.30. The number of rotatable bonds is 6. The number of nitrogens with zero attached hydrogens (tertiary/aromatic N) is 3. The number of benzene rings is 2. The molecule has 0 aliphatic carbocycles. The van der Waals surface area contributed by atoms with Crippen molar-refractivity contribution in [3.63, 3.8) is 0 Å². The van der Waals surface area contributed by atoms with Gasteiger partial charge in [0.25, 0.3) is 0 Å². The van der Waals surface area contributed by atoms with Gasteiger partial charge < -0.3 is 19.7 Å². The molecule has 0 saturated carbocycles. The molecular formula is C25H30BrFN4O2. The number of hydrogen-bond acceptors (Lipinski definition) is 6. The molecule has 1 aliphatic heterocycles. The average Bonchev–Trinajstić information content (AvgIpc) is 2.76. The highest BCUT2D eigenvalue weighted by Crippen LogP contribution is 2.37. The van der Waals surface area contributed by atoms with Gasteiger partial charge in [-0.05, 0) is 83.8 Å². The van der Waals surface area contributed by atoms with Crippen molar-refractivity contribution in [2.75, 3.05) is 31.9 Å². The van der Waals surface area contributed by atoms with Gasteiger partial charge in [-0.25, -0.2) is 14.4 Å². The summed E-state index contributed by atoms with van der Waals surface area (Å²) >= 11 is 3.24. The molecule has 0 amide bonds. The molecule has 1 aliphatic rings. The van der Waals surface area contributed by atoms with E-state index < -0.39 is 37.3 Å². The largest absolute Gasteiger partial charge is 0.489 e. The lowest BCUT2D eigenvalue weighted by atomic mass is 9.98. The van der Waals surface area contributed by atoms with E-state index in [4.69, 9.17) is 19.1 Å². The molecule has 1 N–H and O–H groups in total. The fraction of sp³-hybridized carbons (Fsp3) is 0.440. The van der Waals surface area contributed by atoms with Crippen molar-refractivity contribution >= 4 is 38.3 Å². The standard InChI is InChI=1S/C25H30BrFN4O2/c1-25(2,3)33-23-12-18-21(13-22(23)32-14-16-7-9-31(4)10-8-16)28-15-29-24(18)30-20-6-5-17(26)11-19(20)27/h5-6,11-13,15-16H,7-10,14H2,1-4H3,(H,28,29,30)/i4D3,9D2,10D2. The Morgan fingerprint density at radius 1 is 1.21 bits per heavy atom. The topological polar surface area (TPSA) is 59.5 Å². The normalized spacial score (nSPS) is 22.2. The molecule has 6 nitrogen and oxygen atoms in total. The third-order valence-corrected chi connectivity index (χ3v) is 5.35. The third kappa shape index (κ3) is 6.12. The zero-order chi connectivity index (χ0) is 29.7. The smallest absolute Gasteiger partial charge is 0.163 e. The zero-order valence-corrected chi connectivity index (χ0v) is 20.2. The zero-order valence-electron chi connectivity index (χ0n) is 25.6. The summed E-state index contributed by atoms with van der Waals surface area (Å²) < 4.78 is 83.3. The van der Waals surface area contributed by atoms with E-state index in [1.165, 1.54) is 12.4 Å². The maximum atomic E-state index is 14.5. The first-order valence-electron chi connectivity index (χ1n) is 14.0. The summed E-state index contributed by atoms with van der Waals surface area (Å²) in [5.74, 6) is -0.127. The lowest BCUT2D eigenvalue weighted by Crippen LogP contribution is -2.32. The highest BCUT2D eigenvalue weighted by atomic mass is 79.9. The Bertz CT molecular complexity index is 1380. The molecule has 0 spiro atoms. The van der Waals surface area contributed by atoms with E-state index >= 15 is 0 Å². The van der Waals surface area contributed by atoms with Crippen LogP contribution in [0.3, 0.4) is 0 Å². The van der Waals surface area contributed by atoms with Crippen LogP contribution < -0.4 is 14.8 Å². The minimum Gasteiger partial charge on any atom is -0.489 e. The summed E-state index contributed by atoms with van der Waals surface area (Å²) in [5, 5.41) is 3.53. The first kappa shape index (κ1) is 16.2. The SMILES string of the molecule is [2H]C([2H])([2H])N1C([2H])([2H])CC(COc2cc3ncnc(Nc4ccc(Br)cc4F)c3cc2OC(C)(C)C)CC1([2H])[2H]. The molecule has 2 heterocycles. The van der Waals surface area contributed by atoms with Crippen LogP contribution in [-0.4, -0.2) is 47.0 Å². The van der Waals surface area contributed by atoms with Gasteiger partial charge >= 0.3 is 0 Å². The summed E-state index contributed by atoms with van der Waals surface area (Å²) in [6.45, 7) is -2.28. The molecule has 0 radical (unpaired) electrons. The summed E-state index contributed by atoms with van der Waals surface area (Å²) in [6, 6.07) is 7.90. The molecule has 1 fully saturated rings. The van der Waals surface area contributed by atoms with Crippen LogP contribution in [0.5, 0.6) is 11.5 Å². The molecular weight excluding hydrogens is 487 g/mol. The Labute approximate surface area is 212 Å². The second-order valence-corrected chi connectivity index (χ2v) is 9.65. The Balaban J connectivity index is 1.65. The molecule has 33 heavy (non-hydrogen) atoms. The van der Waals surface area contributed by atoms with E-state index in [9.17, 15) is 4.39 Å². The minimum absolute atomic E-state index is 0.0832. The van der Waals surface area contributed by atoms with Gasteiger partial charge in [0.1, 0.15) is 23.6 Å². The predicted octanol–water partition coefficient (Wildman–Crippen LogP) is 6.17. The number of ether oxygens (including phenoxy) is 2. The van der Waals surface area contributed by atoms with Crippen molar-refractivity contribution in [1.29, 1.82) is 0 Å². The first-order valence-corrected chi connectivity index (χ1v) is 11.3. The third-order valence-electron chi connectivity index (χ3n) is 4.85. The van der Waals surface area contributed by atoms with Crippen molar-refractivity contribution in [1.82, 2.24) is 14.9 Å². The number of likely N-dealkylation sites (tertiary alicyclic amines) is 1. The van der Waals surface area contributed by atoms with Crippen LogP contribution in [-0.2, 0) is 0 Å². The molecule has 2 aromatic carbocycles. The van der Waals surface area contributed by atoms with E-state index in [-0.39, 0.29) is 25.1 Å². The van der Waals surface area contributed by atoms with E-state index in [1.807, 2.05) is 20.8 Å². The van der Waals surface area contributed by atoms with Gasteiger partial charge in [-0.1, -0.05) is 15.9 Å². The Hall–Kier alpha value is -2.45. The summed E-state index contributed by atoms with van der Waals surface area (Å²) in [4.78, 5) is 8.93. The second kappa shape index (κ2) is 9.81. The van der Waals surface area contributed by atoms with Gasteiger partial charge in [-0.3, -0.25) is 0 Å². The lowest BCUT2D eigenvalue weighted by molar-refractivity contribution is 0.116. The van der Waals surface area contributed by atoms with Gasteiger partial charge in [-0.15, -0.1) is 0 Å². The maximum Gasteiger partial charge on any atom is 0.163 e. The number of hydrogen-bond donors (Lipinski definition) is 1. The number of anilines is 2. The minimum atomic E-state index is -2.94. The molecule has 0 unspecified atom stereocenters. The van der Waals surface area contributed by atoms with Gasteiger partial charge in [0.2, 0.25) is 0 Å². The highest BCUT2D eigenvalue weighted by molar-refractivity contribution is 9.10. The lowest BCUT2D eigenvalue weighted by Gasteiger charge is -2.29. The van der Waals surface area contributed by atoms with Crippen molar-refractivity contribution in [3.05, 3.63) is 46.9 Å². The molecule has 176 valence electrons. The van der Waals surface area contributed by atoms with Crippen molar-refractivity contribution in [2.45, 2.75) is 39.2 Å². The van der Waals surface area contributed by atoms with Crippen molar-refractivity contribution in [2.24, 2.45) is 5.92 Å². The summed E-state index contributed by atoms with van der Waals surface area (Å²) in [7, 11) is 0. The van der Waals surface area contributed by atoms with Crippen LogP contribution in [0.4, 0.5) is 15.9 Å². The monoisotopic (exact) mass is 523 g/mol. The van der Waals surface area contributed by atoms with Crippen LogP contribution >= 0.6 is 15.9 Å². The van der Waals surface area contributed by atoms with Gasteiger partial charge in [0, 0.05) is 25.5 Å². The predicted molar refractivity (Wildman–Crippen MR) is 133 cm³/mol. The van der Waals surface area contributed by atoms with Crippen LogP contribution in [0.15, 0.2) is 41.1 Å². The van der Waals surface area contributed by atoms with Crippen LogP contribution in [0, 0.1) is 11.7 Å². The van der Waals surface area contributed by atoms with Crippen molar-refractivity contribution < 1.29 is 23.5 Å². The summed E-state index contributed by atoms with van der Waals surface area (Å²) in [6.07, 6.45) is 0.856. The van der Waals surface area contributed by atoms with E-state index in [0.717, 1.165) is 0 Å². The Morgan fingerprint density at radius 3 is 2.70 bits per heavy atom. The molecule has 0 atom stereocenters. The number of aromatic nitrogens is 2. The van der Waals surface area contributed by atoms with Crippen LogP contribution in [0.2, 0.25) is 0 Å². The van der Waals surface area contributed by atoms with Crippen LogP contribution in [0.1, 0.15) is 43.2 Å². The van der Waals surface area contributed by atoms with Gasteiger partial charge in [0.15, 0.2) is 11.5 Å². The van der Waals surface area contributed by atoms with Gasteiger partial charge in [-0.2, -0.15) is 0 Å². The maximum absolute atomic E-state index is 14.5. The molecule has 1 aromatic heterocycles. The highest BCUT2D eigenvalue weighted by Gasteiger charge is 2.21. The molecule has 3 aromatic rings. The Kier molecular flexibility index (Phi) is 4.82. The molecule has 8 heteroatoms. The average molecular weight is 524 g/mol.